The minimum Gasteiger partial charge on any atom is -0.409 e. The Morgan fingerprint density at radius 2 is 2.06 bits per heavy atom. The lowest BCUT2D eigenvalue weighted by Gasteiger charge is -2.11. The minimum atomic E-state index is -3.63. The lowest BCUT2D eigenvalue weighted by atomic mass is 10.2. The van der Waals surface area contributed by atoms with Crippen LogP contribution in [0.5, 0.6) is 0 Å². The molecule has 1 aromatic carbocycles. The van der Waals surface area contributed by atoms with Crippen molar-refractivity contribution in [3.63, 3.8) is 0 Å². The molecular weight excluding hydrogens is 256 g/mol. The fraction of sp³-hybridized carbons (Fsp3) is 0.300. The summed E-state index contributed by atoms with van der Waals surface area (Å²) < 4.78 is 28.3. The van der Waals surface area contributed by atoms with Gasteiger partial charge in [0.15, 0.2) is 5.84 Å². The Morgan fingerprint density at radius 3 is 2.67 bits per heavy atom. The maximum absolute atomic E-state index is 11.7. The van der Waals surface area contributed by atoms with Crippen molar-refractivity contribution in [3.8, 4) is 0 Å². The van der Waals surface area contributed by atoms with E-state index in [9.17, 15) is 8.42 Å². The van der Waals surface area contributed by atoms with E-state index in [-0.39, 0.29) is 17.6 Å². The third-order valence-electron chi connectivity index (χ3n) is 2.45. The van der Waals surface area contributed by atoms with Gasteiger partial charge in [-0.1, -0.05) is 17.3 Å². The van der Waals surface area contributed by atoms with Crippen LogP contribution in [0.25, 0.3) is 0 Å². The Kier molecular flexibility index (Phi) is 3.39. The van der Waals surface area contributed by atoms with Crippen molar-refractivity contribution in [1.82, 2.24) is 4.72 Å². The lowest BCUT2D eigenvalue weighted by Crippen LogP contribution is -2.32. The van der Waals surface area contributed by atoms with Crippen molar-refractivity contribution < 1.29 is 13.6 Å². The Labute approximate surface area is 105 Å². The van der Waals surface area contributed by atoms with Gasteiger partial charge in [-0.2, -0.15) is 13.1 Å². The SMILES string of the molecule is N/C(=N/O)c1ccccc1NS(=O)(=O)NC1CC1. The summed E-state index contributed by atoms with van der Waals surface area (Å²) >= 11 is 0. The van der Waals surface area contributed by atoms with Gasteiger partial charge in [-0.25, -0.2) is 0 Å². The molecule has 0 unspecified atom stereocenters. The number of hydrogen-bond donors (Lipinski definition) is 4. The first kappa shape index (κ1) is 12.7. The molecule has 0 heterocycles. The van der Waals surface area contributed by atoms with E-state index < -0.39 is 10.2 Å². The zero-order chi connectivity index (χ0) is 13.2. The zero-order valence-corrected chi connectivity index (χ0v) is 10.3. The molecule has 5 N–H and O–H groups in total. The van der Waals surface area contributed by atoms with Crippen molar-refractivity contribution in [2.45, 2.75) is 18.9 Å². The van der Waals surface area contributed by atoms with Gasteiger partial charge in [0.05, 0.1) is 5.69 Å². The largest absolute Gasteiger partial charge is 0.409 e. The lowest BCUT2D eigenvalue weighted by molar-refractivity contribution is 0.318. The third-order valence-corrected chi connectivity index (χ3v) is 3.59. The van der Waals surface area contributed by atoms with Crippen molar-refractivity contribution in [1.29, 1.82) is 0 Å². The Morgan fingerprint density at radius 1 is 1.39 bits per heavy atom. The fourth-order valence-electron chi connectivity index (χ4n) is 1.44. The van der Waals surface area contributed by atoms with E-state index >= 15 is 0 Å². The van der Waals surface area contributed by atoms with Crippen LogP contribution >= 0.6 is 0 Å². The number of rotatable bonds is 5. The molecule has 2 rings (SSSR count). The molecule has 0 bridgehead atoms. The molecule has 7 nitrogen and oxygen atoms in total. The van der Waals surface area contributed by atoms with Crippen LogP contribution in [0.3, 0.4) is 0 Å². The molecule has 0 saturated heterocycles. The van der Waals surface area contributed by atoms with Crippen molar-refractivity contribution in [3.05, 3.63) is 29.8 Å². The van der Waals surface area contributed by atoms with Gasteiger partial charge in [-0.05, 0) is 25.0 Å². The van der Waals surface area contributed by atoms with Gasteiger partial charge in [0, 0.05) is 11.6 Å². The molecule has 1 aromatic rings. The Bertz CT molecular complexity index is 566. The number of oxime groups is 1. The first-order chi connectivity index (χ1) is 8.52. The number of nitrogens with two attached hydrogens (primary N) is 1. The second-order valence-electron chi connectivity index (χ2n) is 4.03. The van der Waals surface area contributed by atoms with E-state index in [1.165, 1.54) is 0 Å². The highest BCUT2D eigenvalue weighted by molar-refractivity contribution is 7.90. The van der Waals surface area contributed by atoms with E-state index in [1.54, 1.807) is 24.3 Å². The molecule has 0 spiro atoms. The molecular formula is C10H14N4O3S. The topological polar surface area (TPSA) is 117 Å². The average molecular weight is 270 g/mol. The summed E-state index contributed by atoms with van der Waals surface area (Å²) in [5.74, 6) is -0.153. The summed E-state index contributed by atoms with van der Waals surface area (Å²) in [6, 6.07) is 6.44. The van der Waals surface area contributed by atoms with Crippen molar-refractivity contribution in [2.24, 2.45) is 10.9 Å². The van der Waals surface area contributed by atoms with Gasteiger partial charge in [0.1, 0.15) is 0 Å². The standard InChI is InChI=1S/C10H14N4O3S/c11-10(12-15)8-3-1-2-4-9(8)14-18(16,17)13-7-5-6-7/h1-4,7,13-15H,5-6H2,(H2,11,12). The van der Waals surface area contributed by atoms with E-state index in [2.05, 4.69) is 14.6 Å². The highest BCUT2D eigenvalue weighted by Crippen LogP contribution is 2.21. The van der Waals surface area contributed by atoms with Gasteiger partial charge in [-0.3, -0.25) is 4.72 Å². The van der Waals surface area contributed by atoms with E-state index in [4.69, 9.17) is 10.9 Å². The second-order valence-corrected chi connectivity index (χ2v) is 5.48. The number of benzene rings is 1. The number of nitrogens with one attached hydrogen (secondary N) is 2. The number of hydrogen-bond acceptors (Lipinski definition) is 4. The van der Waals surface area contributed by atoms with Gasteiger partial charge >= 0.3 is 0 Å². The van der Waals surface area contributed by atoms with Gasteiger partial charge in [0.2, 0.25) is 0 Å². The monoisotopic (exact) mass is 270 g/mol. The number of nitrogens with zero attached hydrogens (tertiary/aromatic N) is 1. The molecule has 0 radical (unpaired) electrons. The Hall–Kier alpha value is -1.80. The summed E-state index contributed by atoms with van der Waals surface area (Å²) in [6.45, 7) is 0. The predicted octanol–water partition coefficient (Wildman–Crippen LogP) is 0.190. The molecule has 1 aliphatic rings. The molecule has 1 aliphatic carbocycles. The van der Waals surface area contributed by atoms with Crippen LogP contribution in [0, 0.1) is 0 Å². The highest BCUT2D eigenvalue weighted by Gasteiger charge is 2.27. The molecule has 98 valence electrons. The van der Waals surface area contributed by atoms with Gasteiger partial charge in [-0.15, -0.1) is 0 Å². The molecule has 1 saturated carbocycles. The molecule has 0 aliphatic heterocycles. The summed E-state index contributed by atoms with van der Waals surface area (Å²) in [4.78, 5) is 0. The maximum Gasteiger partial charge on any atom is 0.299 e. The zero-order valence-electron chi connectivity index (χ0n) is 9.50. The summed E-state index contributed by atoms with van der Waals surface area (Å²) in [5.41, 5.74) is 6.06. The molecule has 0 aromatic heterocycles. The summed E-state index contributed by atoms with van der Waals surface area (Å²) in [6.07, 6.45) is 1.70. The van der Waals surface area contributed by atoms with Crippen LogP contribution in [0.1, 0.15) is 18.4 Å². The van der Waals surface area contributed by atoms with Crippen LogP contribution < -0.4 is 15.2 Å². The van der Waals surface area contributed by atoms with Crippen LogP contribution in [0.4, 0.5) is 5.69 Å². The molecule has 1 fully saturated rings. The third kappa shape index (κ3) is 3.11. The van der Waals surface area contributed by atoms with Crippen LogP contribution in [-0.4, -0.2) is 25.5 Å². The van der Waals surface area contributed by atoms with Crippen molar-refractivity contribution >= 4 is 21.7 Å². The first-order valence-electron chi connectivity index (χ1n) is 5.39. The quantitative estimate of drug-likeness (QED) is 0.264. The minimum absolute atomic E-state index is 0.0125. The predicted molar refractivity (Wildman–Crippen MR) is 67.7 cm³/mol. The maximum atomic E-state index is 11.7. The Balaban J connectivity index is 2.23. The second kappa shape index (κ2) is 4.83. The fourth-order valence-corrected chi connectivity index (χ4v) is 2.65. The molecule has 8 heteroatoms. The normalized spacial score (nSPS) is 16.6. The van der Waals surface area contributed by atoms with E-state index in [0.717, 1.165) is 12.8 Å². The summed E-state index contributed by atoms with van der Waals surface area (Å²) in [7, 11) is -3.63. The highest BCUT2D eigenvalue weighted by atomic mass is 32.2. The number of anilines is 1. The molecule has 0 amide bonds. The smallest absolute Gasteiger partial charge is 0.299 e. The van der Waals surface area contributed by atoms with E-state index in [0.29, 0.717) is 5.56 Å². The van der Waals surface area contributed by atoms with Crippen LogP contribution in [0.15, 0.2) is 29.4 Å². The van der Waals surface area contributed by atoms with Crippen molar-refractivity contribution in [2.75, 3.05) is 4.72 Å². The van der Waals surface area contributed by atoms with Crippen LogP contribution in [0.2, 0.25) is 0 Å². The molecule has 18 heavy (non-hydrogen) atoms. The van der Waals surface area contributed by atoms with Crippen LogP contribution in [-0.2, 0) is 10.2 Å². The van der Waals surface area contributed by atoms with Gasteiger partial charge in [0.25, 0.3) is 10.2 Å². The number of para-hydroxylation sites is 1. The summed E-state index contributed by atoms with van der Waals surface area (Å²) in [5, 5.41) is 11.5. The average Bonchev–Trinajstić information content (AvgIpc) is 3.11. The first-order valence-corrected chi connectivity index (χ1v) is 6.87. The number of amidine groups is 1. The van der Waals surface area contributed by atoms with Gasteiger partial charge < -0.3 is 10.9 Å². The van der Waals surface area contributed by atoms with E-state index in [1.807, 2.05) is 0 Å². The molecule has 0 atom stereocenters.